The summed E-state index contributed by atoms with van der Waals surface area (Å²) >= 11 is 0. The normalized spacial score (nSPS) is 17.6. The molecule has 5 aromatic carbocycles. The van der Waals surface area contributed by atoms with Crippen molar-refractivity contribution in [3.05, 3.63) is 144 Å². The van der Waals surface area contributed by atoms with E-state index in [4.69, 9.17) is 9.47 Å². The number of ketones is 2. The van der Waals surface area contributed by atoms with Gasteiger partial charge in [-0.2, -0.15) is 8.61 Å². The first-order chi connectivity index (χ1) is 27.9. The van der Waals surface area contributed by atoms with Crippen molar-refractivity contribution in [1.82, 2.24) is 8.61 Å². The van der Waals surface area contributed by atoms with Crippen LogP contribution in [-0.4, -0.2) is 87.3 Å². The van der Waals surface area contributed by atoms with E-state index in [1.807, 2.05) is 12.1 Å². The molecule has 2 unspecified atom stereocenters. The number of hydrogen-bond acceptors (Lipinski definition) is 10. The molecule has 12 nitrogen and oxygen atoms in total. The Kier molecular flexibility index (Phi) is 12.3. The number of ether oxygens (including phenoxy) is 2. The molecule has 0 N–H and O–H groups in total. The number of rotatable bonds is 15. The molecule has 300 valence electrons. The maximum Gasteiger partial charge on any atom is 0.324 e. The molecular weight excluding hydrogens is 781 g/mol. The minimum atomic E-state index is -3.80. The molecule has 2 saturated heterocycles. The SMILES string of the molecule is O=C(COC(=O)C1CCCN1S(=O)(=O)Cc1ccccc1)c1ccc(-c2ccc(C(=O)COC(=O)C3CCCN3S(=O)(=O)Cc3ccccc3)c3ccccc23)cc1. The summed E-state index contributed by atoms with van der Waals surface area (Å²) in [5.41, 5.74) is 3.37. The van der Waals surface area contributed by atoms with Crippen LogP contribution < -0.4 is 0 Å². The molecule has 0 aliphatic carbocycles. The highest BCUT2D eigenvalue weighted by molar-refractivity contribution is 7.88. The summed E-state index contributed by atoms with van der Waals surface area (Å²) in [7, 11) is -7.59. The summed E-state index contributed by atoms with van der Waals surface area (Å²) in [4.78, 5) is 52.7. The number of hydrogen-bond donors (Lipinski definition) is 0. The largest absolute Gasteiger partial charge is 0.456 e. The van der Waals surface area contributed by atoms with Gasteiger partial charge in [0, 0.05) is 24.2 Å². The molecule has 2 aliphatic rings. The second kappa shape index (κ2) is 17.5. The van der Waals surface area contributed by atoms with Crippen molar-refractivity contribution < 1.29 is 45.5 Å². The highest BCUT2D eigenvalue weighted by Crippen LogP contribution is 2.32. The van der Waals surface area contributed by atoms with Gasteiger partial charge in [-0.05, 0) is 58.7 Å². The van der Waals surface area contributed by atoms with Crippen LogP contribution >= 0.6 is 0 Å². The third-order valence-corrected chi connectivity index (χ3v) is 14.2. The summed E-state index contributed by atoms with van der Waals surface area (Å²) in [5.74, 6) is -2.90. The van der Waals surface area contributed by atoms with Gasteiger partial charge < -0.3 is 9.47 Å². The van der Waals surface area contributed by atoms with Crippen molar-refractivity contribution in [2.45, 2.75) is 49.3 Å². The Hall–Kier alpha value is -5.54. The second-order valence-electron chi connectivity index (χ2n) is 14.4. The lowest BCUT2D eigenvalue weighted by atomic mass is 9.93. The molecule has 0 spiro atoms. The predicted octanol–water partition coefficient (Wildman–Crippen LogP) is 5.95. The fourth-order valence-corrected chi connectivity index (χ4v) is 11.1. The zero-order valence-corrected chi connectivity index (χ0v) is 33.2. The van der Waals surface area contributed by atoms with E-state index >= 15 is 0 Å². The van der Waals surface area contributed by atoms with Crippen LogP contribution in [0.1, 0.15) is 57.5 Å². The van der Waals surface area contributed by atoms with E-state index in [2.05, 4.69) is 0 Å². The molecule has 5 aromatic rings. The Balaban J connectivity index is 0.971. The first-order valence-corrected chi connectivity index (χ1v) is 22.2. The van der Waals surface area contributed by atoms with Crippen molar-refractivity contribution in [3.8, 4) is 11.1 Å². The predicted molar refractivity (Wildman–Crippen MR) is 218 cm³/mol. The highest BCUT2D eigenvalue weighted by atomic mass is 32.2. The molecule has 0 saturated carbocycles. The number of fused-ring (bicyclic) bond motifs is 1. The standard InChI is InChI=1S/C44H42N2O10S2/c47-41(27-55-43(49)39-17-9-25-45(39)57(51,52)29-31-11-3-1-4-12-31)34-21-19-33(20-22-34)35-23-24-38(37-16-8-7-15-36(35)37)42(48)28-56-44(50)40-18-10-26-46(40)58(53,54)30-32-13-5-2-6-14-32/h1-8,11-16,19-24,39-40H,9-10,17-18,25-30H2. The molecule has 0 bridgehead atoms. The van der Waals surface area contributed by atoms with E-state index < -0.39 is 68.8 Å². The zero-order valence-electron chi connectivity index (χ0n) is 31.6. The van der Waals surface area contributed by atoms with Crippen LogP contribution in [0, 0.1) is 0 Å². The molecule has 0 radical (unpaired) electrons. The van der Waals surface area contributed by atoms with E-state index in [0.717, 1.165) is 16.5 Å². The average molecular weight is 823 g/mol. The van der Waals surface area contributed by atoms with E-state index in [1.54, 1.807) is 109 Å². The zero-order chi connectivity index (χ0) is 40.9. The number of esters is 2. The minimum absolute atomic E-state index is 0.195. The molecule has 2 atom stereocenters. The van der Waals surface area contributed by atoms with Crippen LogP contribution in [0.4, 0.5) is 0 Å². The number of Topliss-reactive ketones (excluding diaryl/α,β-unsaturated/α-hetero) is 2. The Morgan fingerprint density at radius 2 is 1.00 bits per heavy atom. The Labute approximate surface area is 337 Å². The van der Waals surface area contributed by atoms with E-state index in [1.165, 1.54) is 8.61 Å². The van der Waals surface area contributed by atoms with Crippen molar-refractivity contribution >= 4 is 54.3 Å². The van der Waals surface area contributed by atoms with Crippen molar-refractivity contribution in [2.24, 2.45) is 0 Å². The summed E-state index contributed by atoms with van der Waals surface area (Å²) < 4.78 is 65.8. The number of carbonyl (C=O) groups excluding carboxylic acids is 4. The fraction of sp³-hybridized carbons (Fsp3) is 0.273. The monoisotopic (exact) mass is 822 g/mol. The third kappa shape index (κ3) is 9.10. The lowest BCUT2D eigenvalue weighted by Crippen LogP contribution is -2.42. The van der Waals surface area contributed by atoms with Crippen LogP contribution in [0.5, 0.6) is 0 Å². The third-order valence-electron chi connectivity index (χ3n) is 10.5. The number of sulfonamides is 2. The lowest BCUT2D eigenvalue weighted by molar-refractivity contribution is -0.147. The summed E-state index contributed by atoms with van der Waals surface area (Å²) in [6.45, 7) is -0.713. The van der Waals surface area contributed by atoms with Gasteiger partial charge in [0.1, 0.15) is 12.1 Å². The topological polar surface area (TPSA) is 162 Å². The Bertz CT molecular complexity index is 2550. The van der Waals surface area contributed by atoms with Gasteiger partial charge in [0.15, 0.2) is 19.0 Å². The quantitative estimate of drug-likeness (QED) is 0.0912. The number of nitrogens with zero attached hydrogens (tertiary/aromatic N) is 2. The maximum absolute atomic E-state index is 13.5. The van der Waals surface area contributed by atoms with Crippen molar-refractivity contribution in [3.63, 3.8) is 0 Å². The lowest BCUT2D eigenvalue weighted by Gasteiger charge is -2.22. The molecule has 7 rings (SSSR count). The molecule has 2 heterocycles. The van der Waals surface area contributed by atoms with Crippen LogP contribution in [0.2, 0.25) is 0 Å². The van der Waals surface area contributed by atoms with Crippen molar-refractivity contribution in [2.75, 3.05) is 26.3 Å². The molecule has 14 heteroatoms. The number of benzene rings is 5. The van der Waals surface area contributed by atoms with Gasteiger partial charge in [-0.1, -0.05) is 121 Å². The maximum atomic E-state index is 13.5. The summed E-state index contributed by atoms with van der Waals surface area (Å²) in [6.07, 6.45) is 1.61. The highest BCUT2D eigenvalue weighted by Gasteiger charge is 2.41. The van der Waals surface area contributed by atoms with E-state index in [9.17, 15) is 36.0 Å². The average Bonchev–Trinajstić information content (AvgIpc) is 3.95. The van der Waals surface area contributed by atoms with Gasteiger partial charge in [0.05, 0.1) is 11.5 Å². The van der Waals surface area contributed by atoms with Gasteiger partial charge in [-0.15, -0.1) is 0 Å². The molecule has 58 heavy (non-hydrogen) atoms. The molecule has 0 aromatic heterocycles. The Morgan fingerprint density at radius 1 is 0.534 bits per heavy atom. The molecule has 2 aliphatic heterocycles. The van der Waals surface area contributed by atoms with Crippen LogP contribution in [-0.2, 0) is 50.6 Å². The summed E-state index contributed by atoms with van der Waals surface area (Å²) in [6, 6.07) is 32.8. The van der Waals surface area contributed by atoms with Crippen LogP contribution in [0.15, 0.2) is 121 Å². The molecule has 0 amide bonds. The van der Waals surface area contributed by atoms with Gasteiger partial charge in [-0.25, -0.2) is 16.8 Å². The van der Waals surface area contributed by atoms with Crippen LogP contribution in [0.25, 0.3) is 21.9 Å². The minimum Gasteiger partial charge on any atom is -0.456 e. The van der Waals surface area contributed by atoms with Gasteiger partial charge in [-0.3, -0.25) is 19.2 Å². The van der Waals surface area contributed by atoms with Gasteiger partial charge in [0.2, 0.25) is 25.8 Å². The smallest absolute Gasteiger partial charge is 0.324 e. The van der Waals surface area contributed by atoms with E-state index in [-0.39, 0.29) is 24.6 Å². The first-order valence-electron chi connectivity index (χ1n) is 19.0. The van der Waals surface area contributed by atoms with Gasteiger partial charge in [0.25, 0.3) is 0 Å². The number of carbonyl (C=O) groups is 4. The van der Waals surface area contributed by atoms with Crippen molar-refractivity contribution in [1.29, 1.82) is 0 Å². The van der Waals surface area contributed by atoms with Gasteiger partial charge >= 0.3 is 11.9 Å². The fourth-order valence-electron chi connectivity index (χ4n) is 7.61. The summed E-state index contributed by atoms with van der Waals surface area (Å²) in [5, 5.41) is 1.36. The molecular formula is C44H42N2O10S2. The Morgan fingerprint density at radius 3 is 1.52 bits per heavy atom. The second-order valence-corrected chi connectivity index (χ2v) is 18.2. The van der Waals surface area contributed by atoms with E-state index in [0.29, 0.717) is 53.3 Å². The molecule has 2 fully saturated rings. The van der Waals surface area contributed by atoms with Crippen LogP contribution in [0.3, 0.4) is 0 Å². The first kappa shape index (κ1) is 40.6.